The Hall–Kier alpha value is -1.34. The van der Waals surface area contributed by atoms with Crippen LogP contribution in [-0.2, 0) is 10.0 Å². The van der Waals surface area contributed by atoms with Crippen LogP contribution in [0, 0.1) is 12.8 Å². The summed E-state index contributed by atoms with van der Waals surface area (Å²) < 4.78 is 29.9. The van der Waals surface area contributed by atoms with Crippen molar-refractivity contribution in [3.63, 3.8) is 0 Å². The Kier molecular flexibility index (Phi) is 4.49. The number of hydrogen-bond acceptors (Lipinski definition) is 4. The molecule has 1 aliphatic heterocycles. The van der Waals surface area contributed by atoms with Crippen LogP contribution in [0.4, 0.5) is 0 Å². The van der Waals surface area contributed by atoms with Gasteiger partial charge in [0.25, 0.3) is 5.91 Å². The molecule has 1 N–H and O–H groups in total. The summed E-state index contributed by atoms with van der Waals surface area (Å²) in [4.78, 5) is 14.1. The molecule has 0 saturated carbocycles. The summed E-state index contributed by atoms with van der Waals surface area (Å²) >= 11 is 0. The van der Waals surface area contributed by atoms with Gasteiger partial charge in [0.1, 0.15) is 5.76 Å². The molecule has 0 radical (unpaired) electrons. The SMILES string of the molecule is Cc1occc1C(=O)N1CCC[C@@H](CNS(C)(=O)=O)C1. The van der Waals surface area contributed by atoms with E-state index >= 15 is 0 Å². The first kappa shape index (κ1) is 15.1. The van der Waals surface area contributed by atoms with E-state index in [-0.39, 0.29) is 11.8 Å². The lowest BCUT2D eigenvalue weighted by Gasteiger charge is -2.32. The maximum Gasteiger partial charge on any atom is 0.257 e. The highest BCUT2D eigenvalue weighted by atomic mass is 32.2. The lowest BCUT2D eigenvalue weighted by atomic mass is 9.97. The third-order valence-electron chi connectivity index (χ3n) is 3.53. The van der Waals surface area contributed by atoms with Crippen LogP contribution in [0.2, 0.25) is 0 Å². The zero-order chi connectivity index (χ0) is 14.8. The Balaban J connectivity index is 1.97. The quantitative estimate of drug-likeness (QED) is 0.899. The number of furan rings is 1. The third-order valence-corrected chi connectivity index (χ3v) is 4.22. The van der Waals surface area contributed by atoms with Gasteiger partial charge in [-0.1, -0.05) is 0 Å². The normalized spacial score (nSPS) is 20.1. The summed E-state index contributed by atoms with van der Waals surface area (Å²) in [7, 11) is -3.18. The summed E-state index contributed by atoms with van der Waals surface area (Å²) in [6.07, 6.45) is 4.47. The van der Waals surface area contributed by atoms with Crippen molar-refractivity contribution in [1.82, 2.24) is 9.62 Å². The zero-order valence-electron chi connectivity index (χ0n) is 11.8. The van der Waals surface area contributed by atoms with Crippen molar-refractivity contribution in [2.75, 3.05) is 25.9 Å². The number of hydrogen-bond donors (Lipinski definition) is 1. The van der Waals surface area contributed by atoms with Gasteiger partial charge in [-0.2, -0.15) is 0 Å². The first-order chi connectivity index (χ1) is 9.37. The van der Waals surface area contributed by atoms with Crippen LogP contribution in [0.25, 0.3) is 0 Å². The number of nitrogens with zero attached hydrogens (tertiary/aromatic N) is 1. The van der Waals surface area contributed by atoms with Gasteiger partial charge < -0.3 is 9.32 Å². The van der Waals surface area contributed by atoms with Gasteiger partial charge in [0.2, 0.25) is 10.0 Å². The Morgan fingerprint density at radius 1 is 1.55 bits per heavy atom. The number of carbonyl (C=O) groups is 1. The highest BCUT2D eigenvalue weighted by Crippen LogP contribution is 2.20. The molecule has 2 rings (SSSR count). The Labute approximate surface area is 119 Å². The van der Waals surface area contributed by atoms with Crippen LogP contribution in [0.3, 0.4) is 0 Å². The van der Waals surface area contributed by atoms with Gasteiger partial charge in [-0.25, -0.2) is 13.1 Å². The van der Waals surface area contributed by atoms with E-state index in [1.54, 1.807) is 17.9 Å². The van der Waals surface area contributed by atoms with E-state index in [1.165, 1.54) is 6.26 Å². The van der Waals surface area contributed by atoms with Crippen LogP contribution in [-0.4, -0.2) is 45.1 Å². The van der Waals surface area contributed by atoms with E-state index in [0.29, 0.717) is 31.0 Å². The number of piperidine rings is 1. The molecule has 7 heteroatoms. The molecule has 1 aliphatic rings. The second-order valence-electron chi connectivity index (χ2n) is 5.27. The average molecular weight is 300 g/mol. The van der Waals surface area contributed by atoms with Crippen molar-refractivity contribution in [3.05, 3.63) is 23.7 Å². The van der Waals surface area contributed by atoms with Gasteiger partial charge in [0.05, 0.1) is 18.1 Å². The van der Waals surface area contributed by atoms with Gasteiger partial charge in [0, 0.05) is 19.6 Å². The second-order valence-corrected chi connectivity index (χ2v) is 7.10. The van der Waals surface area contributed by atoms with Crippen molar-refractivity contribution in [2.45, 2.75) is 19.8 Å². The van der Waals surface area contributed by atoms with Crippen LogP contribution in [0.1, 0.15) is 29.0 Å². The molecular weight excluding hydrogens is 280 g/mol. The summed E-state index contributed by atoms with van der Waals surface area (Å²) in [6, 6.07) is 1.68. The molecule has 112 valence electrons. The Morgan fingerprint density at radius 2 is 2.30 bits per heavy atom. The summed E-state index contributed by atoms with van der Waals surface area (Å²) in [6.45, 7) is 3.43. The van der Waals surface area contributed by atoms with E-state index in [2.05, 4.69) is 4.72 Å². The van der Waals surface area contributed by atoms with E-state index in [9.17, 15) is 13.2 Å². The topological polar surface area (TPSA) is 79.6 Å². The number of amides is 1. The minimum absolute atomic E-state index is 0.0414. The predicted molar refractivity (Wildman–Crippen MR) is 74.9 cm³/mol. The molecule has 1 aromatic rings. The molecule has 1 saturated heterocycles. The largest absolute Gasteiger partial charge is 0.469 e. The third kappa shape index (κ3) is 3.83. The smallest absolute Gasteiger partial charge is 0.257 e. The highest BCUT2D eigenvalue weighted by molar-refractivity contribution is 7.88. The molecule has 1 amide bonds. The first-order valence-electron chi connectivity index (χ1n) is 6.65. The summed E-state index contributed by atoms with van der Waals surface area (Å²) in [5, 5.41) is 0. The highest BCUT2D eigenvalue weighted by Gasteiger charge is 2.26. The number of carbonyl (C=O) groups excluding carboxylic acids is 1. The fraction of sp³-hybridized carbons (Fsp3) is 0.615. The Bertz CT molecular complexity index is 579. The second kappa shape index (κ2) is 5.97. The number of likely N-dealkylation sites (tertiary alicyclic amines) is 1. The van der Waals surface area contributed by atoms with Crippen molar-refractivity contribution in [1.29, 1.82) is 0 Å². The van der Waals surface area contributed by atoms with E-state index in [4.69, 9.17) is 4.42 Å². The molecule has 1 atom stereocenters. The Morgan fingerprint density at radius 3 is 2.90 bits per heavy atom. The van der Waals surface area contributed by atoms with E-state index < -0.39 is 10.0 Å². The molecule has 6 nitrogen and oxygen atoms in total. The maximum atomic E-state index is 12.4. The molecule has 2 heterocycles. The lowest BCUT2D eigenvalue weighted by molar-refractivity contribution is 0.0674. The van der Waals surface area contributed by atoms with Gasteiger partial charge in [-0.15, -0.1) is 0 Å². The van der Waals surface area contributed by atoms with Gasteiger partial charge in [-0.3, -0.25) is 4.79 Å². The molecule has 20 heavy (non-hydrogen) atoms. The van der Waals surface area contributed by atoms with Crippen LogP contribution in [0.15, 0.2) is 16.7 Å². The standard InChI is InChI=1S/C13H20N2O4S/c1-10-12(5-7-19-10)13(16)15-6-3-4-11(9-15)8-14-20(2,17)18/h5,7,11,14H,3-4,6,8-9H2,1-2H3/t11-/m0/s1. The number of nitrogens with one attached hydrogen (secondary N) is 1. The molecule has 0 aliphatic carbocycles. The monoisotopic (exact) mass is 300 g/mol. The van der Waals surface area contributed by atoms with E-state index in [0.717, 1.165) is 19.1 Å². The molecule has 0 spiro atoms. The zero-order valence-corrected chi connectivity index (χ0v) is 12.6. The van der Waals surface area contributed by atoms with Crippen molar-refractivity contribution in [3.8, 4) is 0 Å². The average Bonchev–Trinajstić information content (AvgIpc) is 2.81. The summed E-state index contributed by atoms with van der Waals surface area (Å²) in [5.41, 5.74) is 0.585. The van der Waals surface area contributed by atoms with E-state index in [1.807, 2.05) is 0 Å². The fourth-order valence-corrected chi connectivity index (χ4v) is 3.00. The predicted octanol–water partition coefficient (Wildman–Crippen LogP) is 0.989. The molecular formula is C13H20N2O4S. The van der Waals surface area contributed by atoms with Crippen LogP contribution < -0.4 is 4.72 Å². The minimum Gasteiger partial charge on any atom is -0.469 e. The maximum absolute atomic E-state index is 12.4. The van der Waals surface area contributed by atoms with Crippen molar-refractivity contribution in [2.24, 2.45) is 5.92 Å². The molecule has 1 aromatic heterocycles. The molecule has 0 unspecified atom stereocenters. The molecule has 0 bridgehead atoms. The molecule has 1 fully saturated rings. The molecule has 0 aromatic carbocycles. The van der Waals surface area contributed by atoms with Gasteiger partial charge >= 0.3 is 0 Å². The number of rotatable bonds is 4. The fourth-order valence-electron chi connectivity index (χ4n) is 2.46. The number of sulfonamides is 1. The minimum atomic E-state index is -3.18. The first-order valence-corrected chi connectivity index (χ1v) is 8.54. The number of aryl methyl sites for hydroxylation is 1. The van der Waals surface area contributed by atoms with Gasteiger partial charge in [-0.05, 0) is 31.7 Å². The lowest BCUT2D eigenvalue weighted by Crippen LogP contribution is -2.43. The van der Waals surface area contributed by atoms with Gasteiger partial charge in [0.15, 0.2) is 0 Å². The van der Waals surface area contributed by atoms with Crippen molar-refractivity contribution < 1.29 is 17.6 Å². The van der Waals surface area contributed by atoms with Crippen LogP contribution in [0.5, 0.6) is 0 Å². The van der Waals surface area contributed by atoms with Crippen molar-refractivity contribution >= 4 is 15.9 Å². The van der Waals surface area contributed by atoms with Crippen LogP contribution >= 0.6 is 0 Å². The summed E-state index contributed by atoms with van der Waals surface area (Å²) in [5.74, 6) is 0.737.